The maximum Gasteiger partial charge on any atom is 0.208 e. The number of carbonyl (C=O) groups excluding carboxylic acids is 2. The predicted molar refractivity (Wildman–Crippen MR) is 211 cm³/mol. The molecule has 10 atom stereocenters. The molecule has 0 unspecified atom stereocenters. The molecule has 7 N–H and O–H groups in total. The number of rotatable bonds is 6. The van der Waals surface area contributed by atoms with Crippen molar-refractivity contribution in [3.05, 3.63) is 47.5 Å². The van der Waals surface area contributed by atoms with Crippen molar-refractivity contribution in [1.82, 2.24) is 4.72 Å². The van der Waals surface area contributed by atoms with Crippen LogP contribution in [-0.4, -0.2) is 58.7 Å². The Balaban J connectivity index is 0.000000210. The van der Waals surface area contributed by atoms with Crippen LogP contribution in [0, 0.1) is 57.2 Å². The Hall–Kier alpha value is -3.15. The highest BCUT2D eigenvalue weighted by molar-refractivity contribution is 7.88. The quantitative estimate of drug-likeness (QED) is 0.160. The smallest absolute Gasteiger partial charge is 0.208 e. The molecule has 300 valence electrons. The summed E-state index contributed by atoms with van der Waals surface area (Å²) in [5.74, 6) is -0.788. The number of carbonyl (C=O) groups is 2. The fourth-order valence-electron chi connectivity index (χ4n) is 12.2. The number of fused-ring (bicyclic) bond motifs is 2. The van der Waals surface area contributed by atoms with Crippen LogP contribution in [0.5, 0.6) is 23.0 Å². The lowest BCUT2D eigenvalue weighted by molar-refractivity contribution is -0.0887. The van der Waals surface area contributed by atoms with Crippen molar-refractivity contribution in [3.63, 3.8) is 0 Å². The van der Waals surface area contributed by atoms with E-state index in [1.165, 1.54) is 42.8 Å². The summed E-state index contributed by atoms with van der Waals surface area (Å²) in [6.07, 6.45) is 9.10. The number of nitrogens with one attached hydrogen (secondary N) is 1. The molecule has 6 rings (SSSR count). The number of sulfonamides is 1. The van der Waals surface area contributed by atoms with E-state index in [0.717, 1.165) is 44.8 Å². The maximum atomic E-state index is 13.7. The normalized spacial score (nSPS) is 35.7. The van der Waals surface area contributed by atoms with Gasteiger partial charge in [-0.25, -0.2) is 13.1 Å². The SMILES string of the molecule is C[C@@H]1[C@H](N)C[C@H]2C(C)(C)CCC[C@]2(C)[C@H]1C(=O)c1cc(O)cc(O)c1.C[C@@H]1[C@H](NS(C)(=O)=O)C[C@H]2C(C)(C)CCC[C@]2(C)[C@H]1C(=O)c1cc(O)cc(O)c1. The molecule has 0 spiro atoms. The number of nitrogens with two attached hydrogens (primary N) is 1. The molecule has 0 aromatic heterocycles. The van der Waals surface area contributed by atoms with Crippen LogP contribution in [0.3, 0.4) is 0 Å². The predicted octanol–water partition coefficient (Wildman–Crippen LogP) is 7.78. The van der Waals surface area contributed by atoms with Crippen molar-refractivity contribution >= 4 is 21.6 Å². The third kappa shape index (κ3) is 8.05. The van der Waals surface area contributed by atoms with Crippen LogP contribution in [-0.2, 0) is 10.0 Å². The average Bonchev–Trinajstić information content (AvgIpc) is 3.01. The van der Waals surface area contributed by atoms with Gasteiger partial charge in [0, 0.05) is 47.2 Å². The zero-order valence-electron chi connectivity index (χ0n) is 33.6. The van der Waals surface area contributed by atoms with Crippen molar-refractivity contribution in [2.75, 3.05) is 6.26 Å². The van der Waals surface area contributed by atoms with Gasteiger partial charge in [-0.15, -0.1) is 0 Å². The van der Waals surface area contributed by atoms with Crippen LogP contribution in [0.15, 0.2) is 36.4 Å². The summed E-state index contributed by atoms with van der Waals surface area (Å²) < 4.78 is 26.8. The molecule has 4 saturated carbocycles. The molecule has 0 radical (unpaired) electrons. The number of aromatic hydroxyl groups is 4. The Labute approximate surface area is 322 Å². The lowest BCUT2D eigenvalue weighted by Gasteiger charge is -2.60. The van der Waals surface area contributed by atoms with Crippen LogP contribution >= 0.6 is 0 Å². The Morgan fingerprint density at radius 3 is 1.41 bits per heavy atom. The second-order valence-corrected chi connectivity index (χ2v) is 21.1. The zero-order chi connectivity index (χ0) is 40.3. The summed E-state index contributed by atoms with van der Waals surface area (Å²) in [5, 5.41) is 39.4. The zero-order valence-corrected chi connectivity index (χ0v) is 34.5. The van der Waals surface area contributed by atoms with Crippen LogP contribution in [0.4, 0.5) is 0 Å². The number of ketones is 2. The van der Waals surface area contributed by atoms with Gasteiger partial charge in [0.1, 0.15) is 23.0 Å². The highest BCUT2D eigenvalue weighted by Gasteiger charge is 2.60. The molecule has 2 aromatic rings. The number of hydrogen-bond donors (Lipinski definition) is 6. The summed E-state index contributed by atoms with van der Waals surface area (Å²) in [6, 6.07) is 7.80. The third-order valence-corrected chi connectivity index (χ3v) is 15.4. The minimum atomic E-state index is -3.42. The lowest BCUT2D eigenvalue weighted by atomic mass is 9.45. The van der Waals surface area contributed by atoms with Gasteiger partial charge in [-0.3, -0.25) is 9.59 Å². The minimum absolute atomic E-state index is 0.000880. The van der Waals surface area contributed by atoms with E-state index in [4.69, 9.17) is 5.73 Å². The molecule has 0 heterocycles. The molecule has 4 fully saturated rings. The van der Waals surface area contributed by atoms with E-state index in [1.807, 2.05) is 6.92 Å². The van der Waals surface area contributed by atoms with E-state index in [1.54, 1.807) is 0 Å². The van der Waals surface area contributed by atoms with Crippen molar-refractivity contribution < 1.29 is 38.4 Å². The largest absolute Gasteiger partial charge is 0.508 e. The molecule has 0 amide bonds. The van der Waals surface area contributed by atoms with Crippen LogP contribution in [0.25, 0.3) is 0 Å². The van der Waals surface area contributed by atoms with E-state index >= 15 is 0 Å². The summed E-state index contributed by atoms with van der Waals surface area (Å²) in [7, 11) is -3.42. The fraction of sp³-hybridized carbons (Fsp3) is 0.674. The summed E-state index contributed by atoms with van der Waals surface area (Å²) >= 11 is 0. The maximum absolute atomic E-state index is 13.7. The summed E-state index contributed by atoms with van der Waals surface area (Å²) in [6.45, 7) is 17.5. The third-order valence-electron chi connectivity index (χ3n) is 14.6. The van der Waals surface area contributed by atoms with E-state index in [0.29, 0.717) is 17.9 Å². The molecular formula is C43H64N2O8S. The highest BCUT2D eigenvalue weighted by Crippen LogP contribution is 2.63. The number of hydrogen-bond acceptors (Lipinski definition) is 9. The van der Waals surface area contributed by atoms with E-state index in [-0.39, 0.29) is 97.5 Å². The second kappa shape index (κ2) is 14.7. The first kappa shape index (κ1) is 42.0. The first-order valence-corrected chi connectivity index (χ1v) is 21.6. The molecule has 11 heteroatoms. The molecule has 10 nitrogen and oxygen atoms in total. The standard InChI is InChI=1S/C22H33NO5S.C21H31NO3/c1-13-17(23-29(5,27)28)12-18-21(2,3)7-6-8-22(18,4)19(13)20(26)14-9-15(24)11-16(25)10-14;1-12-16(22)11-17-20(2,3)6-5-7-21(17,4)18(12)19(25)13-8-14(23)10-15(24)9-13/h9-11,13,17-19,23-25H,6-8,12H2,1-5H3;8-10,12,16-18,23-24H,5-7,11,22H2,1-4H3/t13-,17-,18+,19-,22+;12-,16-,17+,18-,21+/m11/s1. The first-order chi connectivity index (χ1) is 24.8. The Morgan fingerprint density at radius 2 is 1.02 bits per heavy atom. The number of benzene rings is 2. The van der Waals surface area contributed by atoms with Crippen molar-refractivity contribution in [1.29, 1.82) is 0 Å². The van der Waals surface area contributed by atoms with Gasteiger partial charge >= 0.3 is 0 Å². The van der Waals surface area contributed by atoms with Gasteiger partial charge < -0.3 is 26.2 Å². The number of phenols is 4. The van der Waals surface area contributed by atoms with E-state index < -0.39 is 15.9 Å². The van der Waals surface area contributed by atoms with Crippen molar-refractivity contribution in [2.24, 2.45) is 62.9 Å². The summed E-state index contributed by atoms with van der Waals surface area (Å²) in [4.78, 5) is 27.2. The van der Waals surface area contributed by atoms with Gasteiger partial charge in [-0.1, -0.05) is 68.2 Å². The molecule has 0 bridgehead atoms. The summed E-state index contributed by atoms with van der Waals surface area (Å²) in [5.41, 5.74) is 6.90. The van der Waals surface area contributed by atoms with Gasteiger partial charge in [-0.05, 0) is 108 Å². The molecule has 2 aromatic carbocycles. The van der Waals surface area contributed by atoms with E-state index in [9.17, 15) is 38.4 Å². The molecule has 4 aliphatic rings. The van der Waals surface area contributed by atoms with Crippen LogP contribution < -0.4 is 10.5 Å². The van der Waals surface area contributed by atoms with Crippen molar-refractivity contribution in [2.45, 2.75) is 119 Å². The van der Waals surface area contributed by atoms with Crippen molar-refractivity contribution in [3.8, 4) is 23.0 Å². The highest BCUT2D eigenvalue weighted by atomic mass is 32.2. The lowest BCUT2D eigenvalue weighted by Crippen LogP contribution is -2.60. The molecule has 0 saturated heterocycles. The average molecular weight is 769 g/mol. The van der Waals surface area contributed by atoms with Gasteiger partial charge in [0.05, 0.1) is 6.26 Å². The second-order valence-electron chi connectivity index (χ2n) is 19.3. The Kier molecular flexibility index (Phi) is 11.5. The molecule has 4 aliphatic carbocycles. The fourth-order valence-corrected chi connectivity index (χ4v) is 13.1. The number of phenolic OH excluding ortho intramolecular Hbond substituents is 4. The van der Waals surface area contributed by atoms with Gasteiger partial charge in [0.2, 0.25) is 10.0 Å². The van der Waals surface area contributed by atoms with Gasteiger partial charge in [0.15, 0.2) is 11.6 Å². The monoisotopic (exact) mass is 768 g/mol. The number of Topliss-reactive ketones (excluding diaryl/α,β-unsaturated/α-hetero) is 2. The first-order valence-electron chi connectivity index (χ1n) is 19.7. The van der Waals surface area contributed by atoms with Gasteiger partial charge in [-0.2, -0.15) is 0 Å². The molecule has 54 heavy (non-hydrogen) atoms. The Morgan fingerprint density at radius 1 is 0.648 bits per heavy atom. The Bertz CT molecular complexity index is 1820. The minimum Gasteiger partial charge on any atom is -0.508 e. The van der Waals surface area contributed by atoms with Crippen LogP contribution in [0.1, 0.15) is 127 Å². The van der Waals surface area contributed by atoms with E-state index in [2.05, 4.69) is 53.2 Å². The molecular weight excluding hydrogens is 705 g/mol. The topological polar surface area (TPSA) is 187 Å². The van der Waals surface area contributed by atoms with Crippen LogP contribution in [0.2, 0.25) is 0 Å². The molecule has 0 aliphatic heterocycles. The van der Waals surface area contributed by atoms with Gasteiger partial charge in [0.25, 0.3) is 0 Å².